The molecule has 3 N–H and O–H groups in total. The first kappa shape index (κ1) is 15.7. The Morgan fingerprint density at radius 2 is 1.68 bits per heavy atom. The Balaban J connectivity index is 2.97. The smallest absolute Gasteiger partial charge is 0.237 e. The van der Waals surface area contributed by atoms with Gasteiger partial charge in [-0.25, -0.2) is 0 Å². The van der Waals surface area contributed by atoms with E-state index >= 15 is 0 Å². The number of amides is 1. The van der Waals surface area contributed by atoms with E-state index in [2.05, 4.69) is 38.2 Å². The number of rotatable bonds is 5. The van der Waals surface area contributed by atoms with Gasteiger partial charge in [-0.05, 0) is 31.2 Å². The minimum Gasteiger partial charge on any atom is -0.368 e. The van der Waals surface area contributed by atoms with Crippen molar-refractivity contribution in [3.05, 3.63) is 35.9 Å². The molecular formula is C16H26N2O. The van der Waals surface area contributed by atoms with Gasteiger partial charge in [0, 0.05) is 6.04 Å². The quantitative estimate of drug-likeness (QED) is 0.857. The van der Waals surface area contributed by atoms with Crippen LogP contribution < -0.4 is 11.1 Å². The van der Waals surface area contributed by atoms with Crippen molar-refractivity contribution in [2.75, 3.05) is 0 Å². The molecule has 3 heteroatoms. The molecule has 0 aliphatic heterocycles. The first-order valence-corrected chi connectivity index (χ1v) is 6.74. The van der Waals surface area contributed by atoms with Crippen LogP contribution in [0.2, 0.25) is 0 Å². The topological polar surface area (TPSA) is 55.1 Å². The molecule has 19 heavy (non-hydrogen) atoms. The largest absolute Gasteiger partial charge is 0.368 e. The van der Waals surface area contributed by atoms with Crippen LogP contribution in [-0.2, 0) is 4.79 Å². The van der Waals surface area contributed by atoms with Gasteiger partial charge in [0.15, 0.2) is 0 Å². The minimum atomic E-state index is -0.717. The van der Waals surface area contributed by atoms with Gasteiger partial charge in [-0.3, -0.25) is 10.1 Å². The highest BCUT2D eigenvalue weighted by Crippen LogP contribution is 2.30. The maximum Gasteiger partial charge on any atom is 0.237 e. The highest BCUT2D eigenvalue weighted by atomic mass is 16.1. The van der Waals surface area contributed by atoms with Crippen molar-refractivity contribution in [1.29, 1.82) is 0 Å². The highest BCUT2D eigenvalue weighted by molar-refractivity contribution is 5.83. The lowest BCUT2D eigenvalue weighted by molar-refractivity contribution is -0.123. The predicted molar refractivity (Wildman–Crippen MR) is 79.7 cm³/mol. The Labute approximate surface area is 116 Å². The second-order valence-corrected chi connectivity index (χ2v) is 6.86. The molecule has 1 rings (SSSR count). The SMILES string of the molecule is CC(C)(C)CC(NC(C)(C)C(N)=O)c1ccccc1. The van der Waals surface area contributed by atoms with Gasteiger partial charge in [0.2, 0.25) is 5.91 Å². The molecule has 1 atom stereocenters. The first-order valence-electron chi connectivity index (χ1n) is 6.74. The summed E-state index contributed by atoms with van der Waals surface area (Å²) in [5.74, 6) is -0.331. The number of benzene rings is 1. The first-order chi connectivity index (χ1) is 8.62. The van der Waals surface area contributed by atoms with Crippen molar-refractivity contribution in [3.63, 3.8) is 0 Å². The second-order valence-electron chi connectivity index (χ2n) is 6.86. The maximum absolute atomic E-state index is 11.5. The van der Waals surface area contributed by atoms with Crippen molar-refractivity contribution in [2.45, 2.75) is 52.6 Å². The fourth-order valence-electron chi connectivity index (χ4n) is 2.06. The summed E-state index contributed by atoms with van der Waals surface area (Å²) in [5, 5.41) is 3.39. The molecule has 0 heterocycles. The van der Waals surface area contributed by atoms with Gasteiger partial charge in [-0.15, -0.1) is 0 Å². The Morgan fingerprint density at radius 3 is 2.11 bits per heavy atom. The molecule has 0 saturated heterocycles. The van der Waals surface area contributed by atoms with E-state index in [1.54, 1.807) is 0 Å². The molecule has 0 spiro atoms. The van der Waals surface area contributed by atoms with Crippen molar-refractivity contribution in [3.8, 4) is 0 Å². The van der Waals surface area contributed by atoms with Crippen LogP contribution in [-0.4, -0.2) is 11.4 Å². The van der Waals surface area contributed by atoms with Gasteiger partial charge in [-0.2, -0.15) is 0 Å². The van der Waals surface area contributed by atoms with Gasteiger partial charge in [0.05, 0.1) is 5.54 Å². The van der Waals surface area contributed by atoms with Gasteiger partial charge in [-0.1, -0.05) is 51.1 Å². The van der Waals surface area contributed by atoms with Crippen LogP contribution in [0, 0.1) is 5.41 Å². The number of carbonyl (C=O) groups is 1. The lowest BCUT2D eigenvalue weighted by Gasteiger charge is -2.33. The highest BCUT2D eigenvalue weighted by Gasteiger charge is 2.30. The molecule has 0 aliphatic rings. The molecule has 106 valence electrons. The van der Waals surface area contributed by atoms with Crippen molar-refractivity contribution in [1.82, 2.24) is 5.32 Å². The summed E-state index contributed by atoms with van der Waals surface area (Å²) in [6, 6.07) is 10.3. The number of primary amides is 1. The summed E-state index contributed by atoms with van der Waals surface area (Å²) in [4.78, 5) is 11.5. The van der Waals surface area contributed by atoms with E-state index in [0.29, 0.717) is 0 Å². The third kappa shape index (κ3) is 5.03. The number of hydrogen-bond acceptors (Lipinski definition) is 2. The van der Waals surface area contributed by atoms with Crippen LogP contribution in [0.15, 0.2) is 30.3 Å². The maximum atomic E-state index is 11.5. The summed E-state index contributed by atoms with van der Waals surface area (Å²) < 4.78 is 0. The minimum absolute atomic E-state index is 0.115. The molecule has 0 aromatic heterocycles. The van der Waals surface area contributed by atoms with Crippen LogP contribution in [0.25, 0.3) is 0 Å². The molecule has 0 fully saturated rings. The number of nitrogens with two attached hydrogens (primary N) is 1. The fourth-order valence-corrected chi connectivity index (χ4v) is 2.06. The molecule has 1 aromatic carbocycles. The summed E-state index contributed by atoms with van der Waals surface area (Å²) in [7, 11) is 0. The molecule has 1 aromatic rings. The van der Waals surface area contributed by atoms with E-state index in [1.165, 1.54) is 5.56 Å². The van der Waals surface area contributed by atoms with E-state index in [4.69, 9.17) is 5.73 Å². The molecular weight excluding hydrogens is 236 g/mol. The zero-order chi connectivity index (χ0) is 14.7. The fraction of sp³-hybridized carbons (Fsp3) is 0.562. The molecule has 1 amide bonds. The molecule has 0 bridgehead atoms. The molecule has 3 nitrogen and oxygen atoms in total. The van der Waals surface area contributed by atoms with E-state index in [9.17, 15) is 4.79 Å². The normalized spacial score (nSPS) is 14.2. The zero-order valence-electron chi connectivity index (χ0n) is 12.7. The monoisotopic (exact) mass is 262 g/mol. The Hall–Kier alpha value is -1.35. The van der Waals surface area contributed by atoms with Gasteiger partial charge < -0.3 is 5.73 Å². The van der Waals surface area contributed by atoms with Crippen LogP contribution in [0.4, 0.5) is 0 Å². The lowest BCUT2D eigenvalue weighted by Crippen LogP contribution is -2.52. The van der Waals surface area contributed by atoms with E-state index in [1.807, 2.05) is 32.0 Å². The third-order valence-electron chi connectivity index (χ3n) is 3.17. The molecule has 0 saturated carbocycles. The van der Waals surface area contributed by atoms with E-state index in [0.717, 1.165) is 6.42 Å². The predicted octanol–water partition coefficient (Wildman–Crippen LogP) is 3.02. The average molecular weight is 262 g/mol. The van der Waals surface area contributed by atoms with Crippen LogP contribution in [0.1, 0.15) is 52.6 Å². The number of hydrogen-bond donors (Lipinski definition) is 2. The van der Waals surface area contributed by atoms with Crippen LogP contribution in [0.3, 0.4) is 0 Å². The Morgan fingerprint density at radius 1 is 1.16 bits per heavy atom. The third-order valence-corrected chi connectivity index (χ3v) is 3.17. The van der Waals surface area contributed by atoms with E-state index in [-0.39, 0.29) is 17.4 Å². The van der Waals surface area contributed by atoms with Crippen molar-refractivity contribution < 1.29 is 4.79 Å². The van der Waals surface area contributed by atoms with Gasteiger partial charge in [0.25, 0.3) is 0 Å². The molecule has 0 aliphatic carbocycles. The Kier molecular flexibility index (Phi) is 4.75. The summed E-state index contributed by atoms with van der Waals surface area (Å²) >= 11 is 0. The van der Waals surface area contributed by atoms with Crippen molar-refractivity contribution in [2.24, 2.45) is 11.1 Å². The van der Waals surface area contributed by atoms with Crippen LogP contribution >= 0.6 is 0 Å². The number of nitrogens with one attached hydrogen (secondary N) is 1. The molecule has 0 radical (unpaired) electrons. The van der Waals surface area contributed by atoms with Gasteiger partial charge in [0.1, 0.15) is 0 Å². The van der Waals surface area contributed by atoms with Crippen LogP contribution in [0.5, 0.6) is 0 Å². The Bertz CT molecular complexity index is 418. The number of carbonyl (C=O) groups excluding carboxylic acids is 1. The van der Waals surface area contributed by atoms with Crippen molar-refractivity contribution >= 4 is 5.91 Å². The molecule has 1 unspecified atom stereocenters. The second kappa shape index (κ2) is 5.74. The lowest BCUT2D eigenvalue weighted by atomic mass is 9.84. The summed E-state index contributed by atoms with van der Waals surface area (Å²) in [5.41, 5.74) is 6.10. The van der Waals surface area contributed by atoms with Gasteiger partial charge >= 0.3 is 0 Å². The summed E-state index contributed by atoms with van der Waals surface area (Å²) in [6.07, 6.45) is 0.938. The van der Waals surface area contributed by atoms with E-state index < -0.39 is 5.54 Å². The standard InChI is InChI=1S/C16H26N2O/c1-15(2,3)11-13(12-9-7-6-8-10-12)18-16(4,5)14(17)19/h6-10,13,18H,11H2,1-5H3,(H2,17,19). The summed E-state index contributed by atoms with van der Waals surface area (Å²) in [6.45, 7) is 10.2. The zero-order valence-corrected chi connectivity index (χ0v) is 12.7. The average Bonchev–Trinajstić information content (AvgIpc) is 2.27.